The van der Waals surface area contributed by atoms with Crippen LogP contribution in [-0.4, -0.2) is 9.73 Å². The Balaban J connectivity index is 2.91. The highest BCUT2D eigenvalue weighted by atomic mass is 32.2. The molecular formula is C14H21F3N2S. The second kappa shape index (κ2) is 6.80. The highest BCUT2D eigenvalue weighted by molar-refractivity contribution is 7.98. The molecule has 0 saturated carbocycles. The number of alkyl halides is 3. The van der Waals surface area contributed by atoms with E-state index in [9.17, 15) is 13.2 Å². The van der Waals surface area contributed by atoms with Crippen LogP contribution in [-0.2, 0) is 6.18 Å². The molecule has 1 unspecified atom stereocenters. The second-order valence-corrected chi connectivity index (χ2v) is 7.28. The summed E-state index contributed by atoms with van der Waals surface area (Å²) in [6.07, 6.45) is -2.78. The smallest absolute Gasteiger partial charge is 0.255 e. The largest absolute Gasteiger partial charge is 0.433 e. The number of nitrogens with zero attached hydrogens (tertiary/aromatic N) is 1. The number of rotatable bonds is 5. The van der Waals surface area contributed by atoms with Gasteiger partial charge in [-0.05, 0) is 39.3 Å². The molecule has 0 spiro atoms. The SMILES string of the molecule is CCCC(NSC(C)(C)C)c1cccc(C(F)(F)F)n1. The maximum atomic E-state index is 12.7. The van der Waals surface area contributed by atoms with Crippen molar-refractivity contribution in [2.45, 2.75) is 57.5 Å². The zero-order valence-corrected chi connectivity index (χ0v) is 13.0. The molecule has 0 bridgehead atoms. The summed E-state index contributed by atoms with van der Waals surface area (Å²) in [7, 11) is 0. The van der Waals surface area contributed by atoms with E-state index in [1.165, 1.54) is 18.0 Å². The molecule has 0 aromatic carbocycles. The molecule has 1 atom stereocenters. The van der Waals surface area contributed by atoms with E-state index in [4.69, 9.17) is 0 Å². The van der Waals surface area contributed by atoms with Gasteiger partial charge < -0.3 is 0 Å². The fourth-order valence-corrected chi connectivity index (χ4v) is 2.34. The fraction of sp³-hybridized carbons (Fsp3) is 0.643. The van der Waals surface area contributed by atoms with Gasteiger partial charge in [0.15, 0.2) is 0 Å². The summed E-state index contributed by atoms with van der Waals surface area (Å²) < 4.78 is 41.3. The molecule has 6 heteroatoms. The number of aromatic nitrogens is 1. The summed E-state index contributed by atoms with van der Waals surface area (Å²) >= 11 is 1.52. The summed E-state index contributed by atoms with van der Waals surface area (Å²) in [5.74, 6) is 0. The first-order chi connectivity index (χ1) is 9.13. The van der Waals surface area contributed by atoms with Gasteiger partial charge in [0.05, 0.1) is 11.7 Å². The zero-order chi connectivity index (χ0) is 15.4. The number of pyridine rings is 1. The predicted molar refractivity (Wildman–Crippen MR) is 77.4 cm³/mol. The topological polar surface area (TPSA) is 24.9 Å². The van der Waals surface area contributed by atoms with Gasteiger partial charge >= 0.3 is 6.18 Å². The highest BCUT2D eigenvalue weighted by Crippen LogP contribution is 2.30. The summed E-state index contributed by atoms with van der Waals surface area (Å²) in [5, 5.41) is 0. The minimum atomic E-state index is -4.40. The van der Waals surface area contributed by atoms with Crippen LogP contribution in [0.3, 0.4) is 0 Å². The summed E-state index contributed by atoms with van der Waals surface area (Å²) in [5.41, 5.74) is -0.392. The van der Waals surface area contributed by atoms with E-state index in [1.54, 1.807) is 6.07 Å². The summed E-state index contributed by atoms with van der Waals surface area (Å²) in [6, 6.07) is 3.89. The molecule has 0 fully saturated rings. The molecular weight excluding hydrogens is 285 g/mol. The van der Waals surface area contributed by atoms with E-state index in [-0.39, 0.29) is 10.8 Å². The Labute approximate surface area is 122 Å². The van der Waals surface area contributed by atoms with Gasteiger partial charge in [-0.1, -0.05) is 31.4 Å². The van der Waals surface area contributed by atoms with Gasteiger partial charge in [0.25, 0.3) is 0 Å². The number of halogens is 3. The minimum absolute atomic E-state index is 0.00632. The van der Waals surface area contributed by atoms with Gasteiger partial charge in [-0.3, -0.25) is 4.72 Å². The molecule has 1 aromatic rings. The standard InChI is InChI=1S/C14H21F3N2S/c1-5-7-11(19-20-13(2,3)4)10-8-6-9-12(18-10)14(15,16)17/h6,8-9,11,19H,5,7H2,1-4H3. The van der Waals surface area contributed by atoms with Crippen LogP contribution in [0.15, 0.2) is 18.2 Å². The lowest BCUT2D eigenvalue weighted by Gasteiger charge is -2.24. The van der Waals surface area contributed by atoms with Crippen molar-refractivity contribution in [1.82, 2.24) is 9.71 Å². The van der Waals surface area contributed by atoms with E-state index in [0.717, 1.165) is 18.9 Å². The number of hydrogen-bond donors (Lipinski definition) is 1. The molecule has 0 aliphatic rings. The Morgan fingerprint density at radius 2 is 1.90 bits per heavy atom. The van der Waals surface area contributed by atoms with Crippen molar-refractivity contribution < 1.29 is 13.2 Å². The molecule has 114 valence electrons. The van der Waals surface area contributed by atoms with E-state index in [0.29, 0.717) is 5.69 Å². The number of hydrogen-bond acceptors (Lipinski definition) is 3. The normalized spacial score (nSPS) is 14.3. The van der Waals surface area contributed by atoms with Crippen LogP contribution in [0.1, 0.15) is 58.0 Å². The van der Waals surface area contributed by atoms with E-state index < -0.39 is 11.9 Å². The molecule has 1 aromatic heterocycles. The third-order valence-corrected chi connectivity index (χ3v) is 3.52. The van der Waals surface area contributed by atoms with Crippen LogP contribution < -0.4 is 4.72 Å². The molecule has 0 aliphatic heterocycles. The van der Waals surface area contributed by atoms with Crippen LogP contribution in [0.5, 0.6) is 0 Å². The van der Waals surface area contributed by atoms with E-state index in [1.807, 2.05) is 27.7 Å². The molecule has 1 rings (SSSR count). The van der Waals surface area contributed by atoms with Crippen molar-refractivity contribution in [3.63, 3.8) is 0 Å². The Morgan fingerprint density at radius 1 is 1.25 bits per heavy atom. The van der Waals surface area contributed by atoms with Crippen molar-refractivity contribution in [1.29, 1.82) is 0 Å². The van der Waals surface area contributed by atoms with Crippen molar-refractivity contribution in [3.05, 3.63) is 29.6 Å². The van der Waals surface area contributed by atoms with Crippen LogP contribution in [0.4, 0.5) is 13.2 Å². The lowest BCUT2D eigenvalue weighted by atomic mass is 10.1. The summed E-state index contributed by atoms with van der Waals surface area (Å²) in [6.45, 7) is 8.15. The van der Waals surface area contributed by atoms with Crippen molar-refractivity contribution in [2.75, 3.05) is 0 Å². The maximum Gasteiger partial charge on any atom is 0.433 e. The van der Waals surface area contributed by atoms with Gasteiger partial charge in [-0.15, -0.1) is 0 Å². The molecule has 0 radical (unpaired) electrons. The average Bonchev–Trinajstić information content (AvgIpc) is 2.32. The summed E-state index contributed by atoms with van der Waals surface area (Å²) in [4.78, 5) is 3.76. The van der Waals surface area contributed by atoms with Gasteiger partial charge in [-0.2, -0.15) is 13.2 Å². The van der Waals surface area contributed by atoms with Gasteiger partial charge in [0.1, 0.15) is 5.69 Å². The molecule has 0 saturated heterocycles. The molecule has 1 N–H and O–H groups in total. The average molecular weight is 306 g/mol. The first kappa shape index (κ1) is 17.3. The van der Waals surface area contributed by atoms with E-state index >= 15 is 0 Å². The fourth-order valence-electron chi connectivity index (χ4n) is 1.61. The van der Waals surface area contributed by atoms with Crippen molar-refractivity contribution >= 4 is 11.9 Å². The lowest BCUT2D eigenvalue weighted by Crippen LogP contribution is -2.23. The molecule has 2 nitrogen and oxygen atoms in total. The van der Waals surface area contributed by atoms with Crippen LogP contribution in [0.2, 0.25) is 0 Å². The predicted octanol–water partition coefficient (Wildman–Crippen LogP) is 4.98. The quantitative estimate of drug-likeness (QED) is 0.777. The third kappa shape index (κ3) is 5.71. The minimum Gasteiger partial charge on any atom is -0.255 e. The first-order valence-electron chi connectivity index (χ1n) is 6.61. The third-order valence-electron chi connectivity index (χ3n) is 2.50. The van der Waals surface area contributed by atoms with Gasteiger partial charge in [0.2, 0.25) is 0 Å². The van der Waals surface area contributed by atoms with Gasteiger partial charge in [0, 0.05) is 4.75 Å². The molecule has 0 amide bonds. The molecule has 20 heavy (non-hydrogen) atoms. The maximum absolute atomic E-state index is 12.7. The molecule has 0 aliphatic carbocycles. The Hall–Kier alpha value is -0.750. The Morgan fingerprint density at radius 3 is 2.40 bits per heavy atom. The van der Waals surface area contributed by atoms with Crippen LogP contribution in [0.25, 0.3) is 0 Å². The lowest BCUT2D eigenvalue weighted by molar-refractivity contribution is -0.141. The Kier molecular flexibility index (Phi) is 5.89. The Bertz CT molecular complexity index is 427. The van der Waals surface area contributed by atoms with Crippen molar-refractivity contribution in [2.24, 2.45) is 0 Å². The van der Waals surface area contributed by atoms with Crippen LogP contribution >= 0.6 is 11.9 Å². The van der Waals surface area contributed by atoms with Gasteiger partial charge in [-0.25, -0.2) is 4.98 Å². The molecule has 1 heterocycles. The van der Waals surface area contributed by atoms with E-state index in [2.05, 4.69) is 9.71 Å². The first-order valence-corrected chi connectivity index (χ1v) is 7.43. The van der Waals surface area contributed by atoms with Crippen LogP contribution in [0, 0.1) is 0 Å². The number of nitrogens with one attached hydrogen (secondary N) is 1. The monoisotopic (exact) mass is 306 g/mol. The highest BCUT2D eigenvalue weighted by Gasteiger charge is 2.33. The zero-order valence-electron chi connectivity index (χ0n) is 12.2. The van der Waals surface area contributed by atoms with Crippen molar-refractivity contribution in [3.8, 4) is 0 Å². The second-order valence-electron chi connectivity index (χ2n) is 5.62.